The van der Waals surface area contributed by atoms with Crippen molar-refractivity contribution in [1.29, 1.82) is 0 Å². The fourth-order valence-electron chi connectivity index (χ4n) is 1.95. The summed E-state index contributed by atoms with van der Waals surface area (Å²) in [6.45, 7) is -0.271. The van der Waals surface area contributed by atoms with E-state index in [2.05, 4.69) is 4.99 Å². The second-order valence-corrected chi connectivity index (χ2v) is 4.00. The molecule has 0 aromatic rings. The van der Waals surface area contributed by atoms with Crippen molar-refractivity contribution in [2.45, 2.75) is 18.5 Å². The Morgan fingerprint density at radius 2 is 1.76 bits per heavy atom. The number of aliphatic imine (C=N–C) groups is 1. The minimum atomic E-state index is -1.79. The zero-order chi connectivity index (χ0) is 15.4. The molecule has 1 aliphatic heterocycles. The molecule has 0 aromatic carbocycles. The normalized spacial score (nSPS) is 19.8. The number of carbonyl (C=O) groups is 4. The molecule has 0 aromatic heterocycles. The van der Waals surface area contributed by atoms with Gasteiger partial charge in [0.25, 0.3) is 0 Å². The first-order valence-corrected chi connectivity index (χ1v) is 5.46. The van der Waals surface area contributed by atoms with Crippen LogP contribution in [0.15, 0.2) is 4.99 Å². The Morgan fingerprint density at radius 3 is 2.14 bits per heavy atom. The summed E-state index contributed by atoms with van der Waals surface area (Å²) < 4.78 is 0. The molecular formula is C10H12AlN2O8. The number of rotatable bonds is 6. The molecule has 10 nitrogen and oxygen atoms in total. The van der Waals surface area contributed by atoms with Crippen molar-refractivity contribution >= 4 is 46.9 Å². The third-order valence-electron chi connectivity index (χ3n) is 2.74. The summed E-state index contributed by atoms with van der Waals surface area (Å²) in [6, 6.07) is -3.43. The highest BCUT2D eigenvalue weighted by Crippen LogP contribution is 2.16. The molecule has 113 valence electrons. The van der Waals surface area contributed by atoms with E-state index in [-0.39, 0.29) is 30.5 Å². The number of carboxylic acids is 4. The van der Waals surface area contributed by atoms with Crippen molar-refractivity contribution in [3.05, 3.63) is 0 Å². The molecule has 0 spiro atoms. The van der Waals surface area contributed by atoms with Gasteiger partial charge in [0.05, 0.1) is 13.0 Å². The van der Waals surface area contributed by atoms with Crippen LogP contribution in [0.3, 0.4) is 0 Å². The Hall–Kier alpha value is -1.96. The topological polar surface area (TPSA) is 165 Å². The van der Waals surface area contributed by atoms with Crippen molar-refractivity contribution in [2.24, 2.45) is 4.99 Å². The first-order valence-electron chi connectivity index (χ1n) is 5.46. The molecule has 0 aliphatic carbocycles. The van der Waals surface area contributed by atoms with Crippen LogP contribution in [0.2, 0.25) is 0 Å². The van der Waals surface area contributed by atoms with Crippen molar-refractivity contribution in [3.63, 3.8) is 0 Å². The molecule has 3 radical (unpaired) electrons. The second-order valence-electron chi connectivity index (χ2n) is 4.00. The van der Waals surface area contributed by atoms with Crippen LogP contribution in [0.4, 0.5) is 0 Å². The summed E-state index contributed by atoms with van der Waals surface area (Å²) in [4.78, 5) is 48.2. The summed E-state index contributed by atoms with van der Waals surface area (Å²) in [5.74, 6) is -6.14. The first-order chi connectivity index (χ1) is 9.25. The first kappa shape index (κ1) is 19.0. The maximum atomic E-state index is 11.2. The Bertz CT molecular complexity index is 491. The van der Waals surface area contributed by atoms with E-state index < -0.39 is 48.1 Å². The lowest BCUT2D eigenvalue weighted by Crippen LogP contribution is -2.59. The third-order valence-corrected chi connectivity index (χ3v) is 2.74. The second kappa shape index (κ2) is 7.73. The molecule has 0 saturated carbocycles. The Labute approximate surface area is 128 Å². The molecule has 0 amide bonds. The van der Waals surface area contributed by atoms with E-state index >= 15 is 0 Å². The van der Waals surface area contributed by atoms with Gasteiger partial charge in [0.1, 0.15) is 11.8 Å². The van der Waals surface area contributed by atoms with Gasteiger partial charge in [-0.05, 0) is 0 Å². The molecule has 0 saturated heterocycles. The van der Waals surface area contributed by atoms with Crippen molar-refractivity contribution in [2.75, 3.05) is 13.1 Å². The molecular weight excluding hydrogens is 303 g/mol. The van der Waals surface area contributed by atoms with Crippen LogP contribution in [-0.4, -0.2) is 97.4 Å². The van der Waals surface area contributed by atoms with Gasteiger partial charge < -0.3 is 20.4 Å². The van der Waals surface area contributed by atoms with Gasteiger partial charge in [0, 0.05) is 23.9 Å². The summed E-state index contributed by atoms with van der Waals surface area (Å²) in [5.41, 5.74) is -0.708. The Balaban J connectivity index is 0.00000400. The quantitative estimate of drug-likeness (QED) is 0.399. The van der Waals surface area contributed by atoms with Crippen molar-refractivity contribution in [1.82, 2.24) is 4.90 Å². The van der Waals surface area contributed by atoms with Gasteiger partial charge in [0.15, 0.2) is 6.04 Å². The van der Waals surface area contributed by atoms with Crippen LogP contribution < -0.4 is 0 Å². The van der Waals surface area contributed by atoms with Crippen LogP contribution in [0.1, 0.15) is 6.42 Å². The van der Waals surface area contributed by atoms with Gasteiger partial charge >= 0.3 is 23.9 Å². The lowest BCUT2D eigenvalue weighted by molar-refractivity contribution is -0.154. The van der Waals surface area contributed by atoms with Crippen LogP contribution in [0, 0.1) is 0 Å². The average molecular weight is 315 g/mol. The van der Waals surface area contributed by atoms with Gasteiger partial charge in [-0.3, -0.25) is 24.3 Å². The molecule has 2 unspecified atom stereocenters. The SMILES string of the molecule is O=C(O)CC(C(=O)O)N1CCN=C(C(=O)O)C1C(=O)O.[Al]. The van der Waals surface area contributed by atoms with E-state index in [1.165, 1.54) is 0 Å². The molecule has 11 heteroatoms. The zero-order valence-corrected chi connectivity index (χ0v) is 11.8. The lowest BCUT2D eigenvalue weighted by atomic mass is 10.0. The summed E-state index contributed by atoms with van der Waals surface area (Å²) in [5, 5.41) is 35.7. The lowest BCUT2D eigenvalue weighted by Gasteiger charge is -2.34. The van der Waals surface area contributed by atoms with Crippen LogP contribution in [-0.2, 0) is 19.2 Å². The fraction of sp³-hybridized carbons (Fsp3) is 0.500. The third kappa shape index (κ3) is 4.52. The van der Waals surface area contributed by atoms with Gasteiger partial charge in [-0.2, -0.15) is 0 Å². The Morgan fingerprint density at radius 1 is 1.19 bits per heavy atom. The van der Waals surface area contributed by atoms with Crippen molar-refractivity contribution in [3.8, 4) is 0 Å². The molecule has 1 rings (SSSR count). The van der Waals surface area contributed by atoms with E-state index in [9.17, 15) is 19.2 Å². The van der Waals surface area contributed by atoms with Gasteiger partial charge in [0.2, 0.25) is 0 Å². The van der Waals surface area contributed by atoms with Crippen LogP contribution in [0.5, 0.6) is 0 Å². The van der Waals surface area contributed by atoms with E-state index in [0.717, 1.165) is 4.90 Å². The fourth-order valence-corrected chi connectivity index (χ4v) is 1.95. The van der Waals surface area contributed by atoms with Crippen LogP contribution >= 0.6 is 0 Å². The predicted octanol–water partition coefficient (Wildman–Crippen LogP) is -2.17. The molecule has 4 N–H and O–H groups in total. The van der Waals surface area contributed by atoms with Gasteiger partial charge in [-0.25, -0.2) is 4.79 Å². The zero-order valence-electron chi connectivity index (χ0n) is 10.7. The highest BCUT2D eigenvalue weighted by atomic mass is 27.0. The number of carboxylic acid groups (broad SMARTS) is 4. The number of nitrogens with zero attached hydrogens (tertiary/aromatic N) is 2. The monoisotopic (exact) mass is 315 g/mol. The van der Waals surface area contributed by atoms with E-state index in [4.69, 9.17) is 20.4 Å². The molecule has 0 fully saturated rings. The molecule has 0 bridgehead atoms. The maximum Gasteiger partial charge on any atom is 0.352 e. The molecule has 21 heavy (non-hydrogen) atoms. The van der Waals surface area contributed by atoms with Crippen molar-refractivity contribution < 1.29 is 39.6 Å². The van der Waals surface area contributed by atoms with Gasteiger partial charge in [-0.1, -0.05) is 0 Å². The molecule has 1 aliphatic rings. The maximum absolute atomic E-state index is 11.2. The van der Waals surface area contributed by atoms with E-state index in [1.807, 2.05) is 0 Å². The smallest absolute Gasteiger partial charge is 0.352 e. The van der Waals surface area contributed by atoms with E-state index in [0.29, 0.717) is 0 Å². The van der Waals surface area contributed by atoms with Crippen LogP contribution in [0.25, 0.3) is 0 Å². The highest BCUT2D eigenvalue weighted by molar-refractivity contribution is 6.41. The minimum absolute atomic E-state index is 0. The average Bonchev–Trinajstić information content (AvgIpc) is 2.34. The predicted molar refractivity (Wildman–Crippen MR) is 67.5 cm³/mol. The molecule has 2 atom stereocenters. The summed E-state index contributed by atoms with van der Waals surface area (Å²) >= 11 is 0. The molecule has 1 heterocycles. The number of aliphatic carboxylic acids is 4. The van der Waals surface area contributed by atoms with Gasteiger partial charge in [-0.15, -0.1) is 0 Å². The standard InChI is InChI=1S/C10H12N2O8.Al/c13-5(14)3-4(8(15)16)12-2-1-11-6(9(17)18)7(12)10(19)20;/h4,7H,1-3H2,(H,13,14)(H,15,16)(H,17,18)(H,19,20);. The summed E-state index contributed by atoms with van der Waals surface area (Å²) in [7, 11) is 0. The minimum Gasteiger partial charge on any atom is -0.481 e. The van der Waals surface area contributed by atoms with E-state index in [1.54, 1.807) is 0 Å². The number of hydrogen-bond donors (Lipinski definition) is 4. The highest BCUT2D eigenvalue weighted by Gasteiger charge is 2.43. The summed E-state index contributed by atoms with van der Waals surface area (Å²) in [6.07, 6.45) is -0.841. The number of hydrogen-bond acceptors (Lipinski definition) is 6. The largest absolute Gasteiger partial charge is 0.481 e. The Kier molecular flexibility index (Phi) is 7.01.